The normalized spacial score (nSPS) is 16.6. The van der Waals surface area contributed by atoms with Crippen molar-refractivity contribution in [2.24, 2.45) is 5.92 Å². The van der Waals surface area contributed by atoms with Gasteiger partial charge in [-0.2, -0.15) is 0 Å². The lowest BCUT2D eigenvalue weighted by atomic mass is 10.1. The highest BCUT2D eigenvalue weighted by atomic mass is 32.2. The number of carbonyl (C=O) groups is 2. The maximum atomic E-state index is 11.9. The van der Waals surface area contributed by atoms with Crippen molar-refractivity contribution in [3.05, 3.63) is 16.3 Å². The number of carboxylic acids is 1. The average molecular weight is 317 g/mol. The Morgan fingerprint density at radius 1 is 1.50 bits per heavy atom. The van der Waals surface area contributed by atoms with Gasteiger partial charge in [-0.3, -0.25) is 4.79 Å². The van der Waals surface area contributed by atoms with E-state index in [9.17, 15) is 18.0 Å². The predicted octanol–water partition coefficient (Wildman–Crippen LogP) is 1.13. The van der Waals surface area contributed by atoms with E-state index in [-0.39, 0.29) is 9.77 Å². The molecule has 1 fully saturated rings. The first kappa shape index (κ1) is 15.0. The van der Waals surface area contributed by atoms with E-state index >= 15 is 0 Å². The summed E-state index contributed by atoms with van der Waals surface area (Å²) in [4.78, 5) is 23.3. The molecule has 110 valence electrons. The molecule has 6 nitrogen and oxygen atoms in total. The van der Waals surface area contributed by atoms with Crippen molar-refractivity contribution < 1.29 is 23.1 Å². The van der Waals surface area contributed by atoms with Gasteiger partial charge in [0.15, 0.2) is 9.84 Å². The van der Waals surface area contributed by atoms with Crippen LogP contribution in [0.4, 0.5) is 0 Å². The summed E-state index contributed by atoms with van der Waals surface area (Å²) in [6, 6.07) is 0.351. The molecule has 20 heavy (non-hydrogen) atoms. The molecular formula is C12H15NO5S2. The number of hydrogen-bond donors (Lipinski definition) is 2. The van der Waals surface area contributed by atoms with Crippen molar-refractivity contribution in [3.63, 3.8) is 0 Å². The van der Waals surface area contributed by atoms with E-state index in [1.807, 2.05) is 0 Å². The quantitative estimate of drug-likeness (QED) is 0.819. The lowest BCUT2D eigenvalue weighted by molar-refractivity contribution is -0.139. The summed E-state index contributed by atoms with van der Waals surface area (Å²) in [6.07, 6.45) is 3.48. The Hall–Kier alpha value is -1.41. The fraction of sp³-hybridized carbons (Fsp3) is 0.500. The van der Waals surface area contributed by atoms with E-state index in [1.54, 1.807) is 0 Å². The van der Waals surface area contributed by atoms with Crippen molar-refractivity contribution >= 4 is 33.1 Å². The van der Waals surface area contributed by atoms with Gasteiger partial charge in [0.2, 0.25) is 0 Å². The Morgan fingerprint density at radius 3 is 2.60 bits per heavy atom. The van der Waals surface area contributed by atoms with E-state index in [2.05, 4.69) is 5.32 Å². The zero-order valence-corrected chi connectivity index (χ0v) is 12.5. The van der Waals surface area contributed by atoms with Gasteiger partial charge in [0.1, 0.15) is 6.04 Å². The van der Waals surface area contributed by atoms with E-state index in [1.165, 1.54) is 11.4 Å². The molecule has 1 aromatic rings. The molecule has 0 aromatic carbocycles. The minimum atomic E-state index is -3.36. The van der Waals surface area contributed by atoms with E-state index in [4.69, 9.17) is 5.11 Å². The molecular weight excluding hydrogens is 302 g/mol. The Labute approximate surface area is 120 Å². The third-order valence-electron chi connectivity index (χ3n) is 3.10. The third-order valence-corrected chi connectivity index (χ3v) is 5.27. The standard InChI is InChI=1S/C12H15NO5S2/c1-20(17,18)8-5-10(19-6-8)11(14)13-9(12(15)16)4-7-2-3-7/h5-7,9H,2-4H2,1H3,(H,13,14)(H,15,16). The molecule has 0 saturated heterocycles. The molecule has 2 N–H and O–H groups in total. The fourth-order valence-electron chi connectivity index (χ4n) is 1.77. The van der Waals surface area contributed by atoms with Gasteiger partial charge < -0.3 is 10.4 Å². The number of carboxylic acid groups (broad SMARTS) is 1. The first-order chi connectivity index (χ1) is 9.27. The summed E-state index contributed by atoms with van der Waals surface area (Å²) in [6.45, 7) is 0. The largest absolute Gasteiger partial charge is 0.480 e. The lowest BCUT2D eigenvalue weighted by Gasteiger charge is -2.13. The molecule has 0 radical (unpaired) electrons. The van der Waals surface area contributed by atoms with Crippen LogP contribution in [-0.2, 0) is 14.6 Å². The van der Waals surface area contributed by atoms with Gasteiger partial charge in [0.05, 0.1) is 9.77 Å². The second kappa shape index (κ2) is 5.53. The van der Waals surface area contributed by atoms with E-state index < -0.39 is 27.8 Å². The molecule has 1 aromatic heterocycles. The molecule has 1 amide bonds. The first-order valence-corrected chi connectivity index (χ1v) is 8.86. The van der Waals surface area contributed by atoms with Gasteiger partial charge in [-0.1, -0.05) is 12.8 Å². The minimum absolute atomic E-state index is 0.0710. The van der Waals surface area contributed by atoms with Gasteiger partial charge in [-0.05, 0) is 18.4 Å². The molecule has 1 saturated carbocycles. The monoisotopic (exact) mass is 317 g/mol. The average Bonchev–Trinajstić information content (AvgIpc) is 2.99. The Morgan fingerprint density at radius 2 is 2.15 bits per heavy atom. The summed E-state index contributed by atoms with van der Waals surface area (Å²) in [5.74, 6) is -1.24. The maximum Gasteiger partial charge on any atom is 0.326 e. The number of hydrogen-bond acceptors (Lipinski definition) is 5. The first-order valence-electron chi connectivity index (χ1n) is 6.09. The molecule has 1 aliphatic rings. The molecule has 1 atom stereocenters. The fourth-order valence-corrected chi connectivity index (χ4v) is 3.69. The van der Waals surface area contributed by atoms with Crippen LogP contribution in [0.5, 0.6) is 0 Å². The lowest BCUT2D eigenvalue weighted by Crippen LogP contribution is -2.40. The highest BCUT2D eigenvalue weighted by Crippen LogP contribution is 2.33. The molecule has 1 heterocycles. The Bertz CT molecular complexity index is 630. The van der Waals surface area contributed by atoms with Crippen LogP contribution in [-0.4, -0.2) is 37.7 Å². The molecule has 2 rings (SSSR count). The van der Waals surface area contributed by atoms with E-state index in [0.717, 1.165) is 30.4 Å². The molecule has 8 heteroatoms. The van der Waals surface area contributed by atoms with Crippen molar-refractivity contribution in [2.75, 3.05) is 6.26 Å². The van der Waals surface area contributed by atoms with Crippen LogP contribution in [0.15, 0.2) is 16.3 Å². The number of carbonyl (C=O) groups excluding carboxylic acids is 1. The van der Waals surface area contributed by atoms with Crippen molar-refractivity contribution in [2.45, 2.75) is 30.2 Å². The van der Waals surface area contributed by atoms with Crippen LogP contribution in [0.25, 0.3) is 0 Å². The van der Waals surface area contributed by atoms with Crippen molar-refractivity contribution in [1.29, 1.82) is 0 Å². The van der Waals surface area contributed by atoms with Crippen LogP contribution in [0.3, 0.4) is 0 Å². The summed E-state index contributed by atoms with van der Waals surface area (Å²) in [5, 5.41) is 12.9. The van der Waals surface area contributed by atoms with Crippen molar-refractivity contribution in [3.8, 4) is 0 Å². The summed E-state index contributed by atoms with van der Waals surface area (Å²) < 4.78 is 22.7. The maximum absolute atomic E-state index is 11.9. The number of amides is 1. The SMILES string of the molecule is CS(=O)(=O)c1csc(C(=O)NC(CC2CC2)C(=O)O)c1. The highest BCUT2D eigenvalue weighted by molar-refractivity contribution is 7.90. The van der Waals surface area contributed by atoms with Crippen LogP contribution >= 0.6 is 11.3 Å². The Kier molecular flexibility index (Phi) is 4.14. The van der Waals surface area contributed by atoms with Crippen LogP contribution < -0.4 is 5.32 Å². The number of nitrogens with one attached hydrogen (secondary N) is 1. The number of thiophene rings is 1. The van der Waals surface area contributed by atoms with Crippen LogP contribution in [0, 0.1) is 5.92 Å². The second-order valence-electron chi connectivity index (χ2n) is 4.96. The second-order valence-corrected chi connectivity index (χ2v) is 7.89. The summed E-state index contributed by atoms with van der Waals surface area (Å²) in [5.41, 5.74) is 0. The molecule has 0 bridgehead atoms. The Balaban J connectivity index is 2.06. The molecule has 1 aliphatic carbocycles. The smallest absolute Gasteiger partial charge is 0.326 e. The zero-order valence-electron chi connectivity index (χ0n) is 10.8. The molecule has 0 spiro atoms. The summed E-state index contributed by atoms with van der Waals surface area (Å²) >= 11 is 0.989. The van der Waals surface area contributed by atoms with Crippen molar-refractivity contribution in [1.82, 2.24) is 5.32 Å². The molecule has 0 aliphatic heterocycles. The minimum Gasteiger partial charge on any atom is -0.480 e. The van der Waals surface area contributed by atoms with Gasteiger partial charge in [0, 0.05) is 11.6 Å². The topological polar surface area (TPSA) is 101 Å². The van der Waals surface area contributed by atoms with Crippen LogP contribution in [0.1, 0.15) is 28.9 Å². The van der Waals surface area contributed by atoms with Gasteiger partial charge >= 0.3 is 5.97 Å². The van der Waals surface area contributed by atoms with Gasteiger partial charge in [-0.15, -0.1) is 11.3 Å². The third kappa shape index (κ3) is 3.80. The zero-order chi connectivity index (χ0) is 14.9. The van der Waals surface area contributed by atoms with E-state index in [0.29, 0.717) is 12.3 Å². The number of sulfone groups is 1. The van der Waals surface area contributed by atoms with Gasteiger partial charge in [-0.25, -0.2) is 13.2 Å². The van der Waals surface area contributed by atoms with Crippen LogP contribution in [0.2, 0.25) is 0 Å². The molecule has 1 unspecified atom stereocenters. The number of aliphatic carboxylic acids is 1. The predicted molar refractivity (Wildman–Crippen MR) is 73.7 cm³/mol. The van der Waals surface area contributed by atoms with Gasteiger partial charge in [0.25, 0.3) is 5.91 Å². The summed E-state index contributed by atoms with van der Waals surface area (Å²) in [7, 11) is -3.36. The highest BCUT2D eigenvalue weighted by Gasteiger charge is 2.30. The number of rotatable bonds is 6.